The Balaban J connectivity index is 1.29. The smallest absolute Gasteiger partial charge is 0.255 e. The highest BCUT2D eigenvalue weighted by molar-refractivity contribution is 7.25. The van der Waals surface area contributed by atoms with Crippen LogP contribution in [0.5, 0.6) is 5.75 Å². The number of benzene rings is 7. The minimum absolute atomic E-state index is 0.309. The van der Waals surface area contributed by atoms with Gasteiger partial charge in [-0.1, -0.05) is 132 Å². The van der Waals surface area contributed by atoms with E-state index in [0.29, 0.717) is 5.76 Å². The average molecular weight is 712 g/mol. The summed E-state index contributed by atoms with van der Waals surface area (Å²) in [7, 11) is 0. The van der Waals surface area contributed by atoms with Crippen molar-refractivity contribution in [3.8, 4) is 5.75 Å². The first kappa shape index (κ1) is 32.1. The van der Waals surface area contributed by atoms with Gasteiger partial charge in [-0.25, -0.2) is 0 Å². The number of rotatable bonds is 5. The van der Waals surface area contributed by atoms with Crippen molar-refractivity contribution in [1.29, 1.82) is 0 Å². The predicted molar refractivity (Wildman–Crippen MR) is 228 cm³/mol. The van der Waals surface area contributed by atoms with E-state index in [1.807, 2.05) is 23.5 Å². The van der Waals surface area contributed by atoms with E-state index >= 15 is 0 Å². The second kappa shape index (κ2) is 13.1. The summed E-state index contributed by atoms with van der Waals surface area (Å²) >= 11 is 1.82. The maximum absolute atomic E-state index is 11.3. The van der Waals surface area contributed by atoms with Crippen LogP contribution in [0, 0.1) is 6.92 Å². The molecule has 2 aliphatic heterocycles. The normalized spacial score (nSPS) is 16.6. The van der Waals surface area contributed by atoms with E-state index in [4.69, 9.17) is 4.74 Å². The van der Waals surface area contributed by atoms with Crippen molar-refractivity contribution in [2.45, 2.75) is 6.92 Å². The van der Waals surface area contributed by atoms with Gasteiger partial charge in [-0.05, 0) is 88.6 Å². The van der Waals surface area contributed by atoms with Gasteiger partial charge < -0.3 is 14.7 Å². The number of ether oxygens (including phenoxy) is 1. The third kappa shape index (κ3) is 5.36. The highest BCUT2D eigenvalue weighted by Crippen LogP contribution is 2.43. The molecule has 54 heavy (non-hydrogen) atoms. The molecule has 0 saturated carbocycles. The molecule has 0 atom stereocenters. The Bertz CT molecular complexity index is 2800. The fourth-order valence-electron chi connectivity index (χ4n) is 8.09. The zero-order valence-electron chi connectivity index (χ0n) is 29.6. The van der Waals surface area contributed by atoms with Crippen molar-refractivity contribution in [2.24, 2.45) is 0 Å². The monoisotopic (exact) mass is 711 g/mol. The second-order valence-electron chi connectivity index (χ2n) is 13.9. The highest BCUT2D eigenvalue weighted by Gasteiger charge is 2.40. The molecule has 0 radical (unpaired) electrons. The van der Waals surface area contributed by atoms with Crippen LogP contribution in [0.2, 0.25) is 0 Å². The molecular weight excluding hydrogens is 677 g/mol. The molecule has 0 amide bonds. The predicted octanol–water partition coefficient (Wildman–Crippen LogP) is 11.7. The van der Waals surface area contributed by atoms with Gasteiger partial charge in [-0.15, -0.1) is 11.3 Å². The van der Waals surface area contributed by atoms with Crippen molar-refractivity contribution < 1.29 is 9.84 Å². The molecule has 0 fully saturated rings. The number of anilines is 3. The lowest BCUT2D eigenvalue weighted by atomic mass is 9.33. The minimum atomic E-state index is -0.309. The maximum atomic E-state index is 11.3. The molecule has 3 heterocycles. The average Bonchev–Trinajstić information content (AvgIpc) is 3.59. The lowest BCUT2D eigenvalue weighted by molar-refractivity contribution is 0.427. The minimum Gasteiger partial charge on any atom is -0.516 e. The maximum Gasteiger partial charge on any atom is 0.255 e. The summed E-state index contributed by atoms with van der Waals surface area (Å²) in [6.07, 6.45) is 3.53. The van der Waals surface area contributed by atoms with Gasteiger partial charge in [0.05, 0.1) is 6.26 Å². The number of nitrogens with zero attached hydrogens (tertiary/aromatic N) is 1. The van der Waals surface area contributed by atoms with E-state index in [1.165, 1.54) is 32.0 Å². The van der Waals surface area contributed by atoms with E-state index in [1.54, 1.807) is 0 Å². The number of hydrogen-bond acceptors (Lipinski definition) is 4. The summed E-state index contributed by atoms with van der Waals surface area (Å²) in [6.45, 7) is 1.80. The summed E-state index contributed by atoms with van der Waals surface area (Å²) in [5, 5.41) is 13.8. The summed E-state index contributed by atoms with van der Waals surface area (Å²) in [5.74, 6) is 1.41. The van der Waals surface area contributed by atoms with Crippen molar-refractivity contribution in [3.63, 3.8) is 0 Å². The van der Waals surface area contributed by atoms with Crippen LogP contribution < -0.4 is 20.6 Å². The van der Waals surface area contributed by atoms with Gasteiger partial charge in [0.15, 0.2) is 0 Å². The Morgan fingerprint density at radius 3 is 1.98 bits per heavy atom. The van der Waals surface area contributed by atoms with Crippen LogP contribution >= 0.6 is 11.3 Å². The summed E-state index contributed by atoms with van der Waals surface area (Å²) < 4.78 is 9.60. The Morgan fingerprint density at radius 2 is 1.24 bits per heavy atom. The molecule has 0 unspecified atom stereocenters. The van der Waals surface area contributed by atoms with Crippen LogP contribution in [-0.2, 0) is 0 Å². The van der Waals surface area contributed by atoms with Gasteiger partial charge in [0.1, 0.15) is 11.5 Å². The van der Waals surface area contributed by atoms with Crippen LogP contribution in [0.1, 0.15) is 22.3 Å². The molecule has 0 aliphatic carbocycles. The first-order chi connectivity index (χ1) is 26.6. The standard InChI is InChI=1S/C49H34BNO2S/c1-32-21-23-36(24-22-32)51(35-17-9-4-10-18-35)37-25-26-43-46(27-37)53-49-40(34-15-7-3-8-16-34)28-39(33-13-5-2-6-14-33)41-30-48-42(29-44(41)50(43)45(49)31-52)38-19-11-12-20-47(38)54-48/h2-31,52H,1H3/b39-28-,45-31-,49-40-. The number of aliphatic hydroxyl groups is 1. The molecule has 7 aromatic carbocycles. The van der Waals surface area contributed by atoms with E-state index in [0.717, 1.165) is 67.0 Å². The molecule has 8 aromatic rings. The number of thiophene rings is 1. The molecule has 0 saturated heterocycles. The molecular formula is C49H34BNO2S. The lowest BCUT2D eigenvalue weighted by Crippen LogP contribution is -2.50. The molecule has 2 aliphatic rings. The Hall–Kier alpha value is -6.56. The van der Waals surface area contributed by atoms with Crippen LogP contribution in [0.15, 0.2) is 193 Å². The third-order valence-electron chi connectivity index (χ3n) is 10.7. The van der Waals surface area contributed by atoms with Crippen molar-refractivity contribution in [1.82, 2.24) is 0 Å². The van der Waals surface area contributed by atoms with Crippen LogP contribution in [0.25, 0.3) is 31.3 Å². The number of para-hydroxylation sites is 1. The molecule has 2 bridgehead atoms. The third-order valence-corrected chi connectivity index (χ3v) is 11.8. The van der Waals surface area contributed by atoms with Crippen LogP contribution in [0.3, 0.4) is 0 Å². The molecule has 0 spiro atoms. The first-order valence-electron chi connectivity index (χ1n) is 18.3. The van der Waals surface area contributed by atoms with E-state index in [9.17, 15) is 5.11 Å². The van der Waals surface area contributed by atoms with Gasteiger partial charge in [0.25, 0.3) is 6.71 Å². The summed E-state index contributed by atoms with van der Waals surface area (Å²) in [4.78, 5) is 2.27. The van der Waals surface area contributed by atoms with Crippen LogP contribution in [-0.4, -0.2) is 11.8 Å². The molecule has 10 rings (SSSR count). The largest absolute Gasteiger partial charge is 0.516 e. The van der Waals surface area contributed by atoms with E-state index < -0.39 is 0 Å². The van der Waals surface area contributed by atoms with Crippen molar-refractivity contribution in [3.05, 3.63) is 216 Å². The van der Waals surface area contributed by atoms with Crippen LogP contribution in [0.4, 0.5) is 17.1 Å². The molecule has 256 valence electrons. The highest BCUT2D eigenvalue weighted by atomic mass is 32.1. The number of aryl methyl sites for hydroxylation is 1. The fraction of sp³-hybridized carbons (Fsp3) is 0.0204. The van der Waals surface area contributed by atoms with Gasteiger partial charge in [-0.3, -0.25) is 0 Å². The summed E-state index contributed by atoms with van der Waals surface area (Å²) in [6, 6.07) is 60.0. The molecule has 3 nitrogen and oxygen atoms in total. The van der Waals surface area contributed by atoms with Crippen molar-refractivity contribution >= 4 is 77.4 Å². The van der Waals surface area contributed by atoms with Gasteiger partial charge in [-0.2, -0.15) is 0 Å². The van der Waals surface area contributed by atoms with Gasteiger partial charge in [0, 0.05) is 49.0 Å². The van der Waals surface area contributed by atoms with E-state index in [2.05, 4.69) is 176 Å². The molecule has 1 aromatic heterocycles. The zero-order chi connectivity index (χ0) is 36.2. The number of allylic oxidation sites excluding steroid dienone is 3. The van der Waals surface area contributed by atoms with Gasteiger partial charge >= 0.3 is 0 Å². The Labute approximate surface area is 319 Å². The SMILES string of the molecule is Cc1ccc(N(c2ccccc2)c2ccc3c(c2)O/C2=C(c4ccccc4)/C=C(/c4ccccc4)c4cc5sc6ccccc6c5cc4B3\C2=C/O)cc1. The quantitative estimate of drug-likeness (QED) is 0.143. The Morgan fingerprint density at radius 1 is 0.593 bits per heavy atom. The number of fused-ring (bicyclic) bond motifs is 9. The zero-order valence-corrected chi connectivity index (χ0v) is 30.4. The molecule has 5 heteroatoms. The Kier molecular flexibility index (Phi) is 7.82. The van der Waals surface area contributed by atoms with Crippen molar-refractivity contribution in [2.75, 3.05) is 4.90 Å². The first-order valence-corrected chi connectivity index (χ1v) is 19.1. The number of aliphatic hydroxyl groups excluding tert-OH is 1. The van der Waals surface area contributed by atoms with E-state index in [-0.39, 0.29) is 6.71 Å². The topological polar surface area (TPSA) is 32.7 Å². The second-order valence-corrected chi connectivity index (χ2v) is 15.0. The number of hydrogen-bond donors (Lipinski definition) is 1. The molecule has 1 N–H and O–H groups in total. The van der Waals surface area contributed by atoms with Gasteiger partial charge in [0.2, 0.25) is 0 Å². The fourth-order valence-corrected chi connectivity index (χ4v) is 9.22. The summed E-state index contributed by atoms with van der Waals surface area (Å²) in [5.41, 5.74) is 12.5. The lowest BCUT2D eigenvalue weighted by Gasteiger charge is -2.34.